The highest BCUT2D eigenvalue weighted by Crippen LogP contribution is 2.25. The summed E-state index contributed by atoms with van der Waals surface area (Å²) in [6, 6.07) is 0. The van der Waals surface area contributed by atoms with E-state index in [1.54, 1.807) is 0 Å². The van der Waals surface area contributed by atoms with E-state index in [1.807, 2.05) is 0 Å². The van der Waals surface area contributed by atoms with Gasteiger partial charge < -0.3 is 14.5 Å². The highest BCUT2D eigenvalue weighted by atomic mass is 16.5. The fourth-order valence-electron chi connectivity index (χ4n) is 4.47. The number of rotatable bonds is 3. The predicted octanol–water partition coefficient (Wildman–Crippen LogP) is 2.92. The van der Waals surface area contributed by atoms with Gasteiger partial charge in [-0.05, 0) is 44.6 Å². The van der Waals surface area contributed by atoms with Gasteiger partial charge in [-0.1, -0.05) is 25.7 Å². The van der Waals surface area contributed by atoms with Crippen molar-refractivity contribution in [2.75, 3.05) is 45.9 Å². The van der Waals surface area contributed by atoms with Gasteiger partial charge >= 0.3 is 0 Å². The van der Waals surface area contributed by atoms with Gasteiger partial charge in [-0.2, -0.15) is 0 Å². The summed E-state index contributed by atoms with van der Waals surface area (Å²) in [5.74, 6) is 1.47. The van der Waals surface area contributed by atoms with Crippen molar-refractivity contribution in [1.29, 1.82) is 0 Å². The van der Waals surface area contributed by atoms with Gasteiger partial charge in [0.25, 0.3) is 0 Å². The van der Waals surface area contributed by atoms with Crippen LogP contribution in [-0.2, 0) is 9.53 Å². The van der Waals surface area contributed by atoms with Gasteiger partial charge in [-0.25, -0.2) is 0 Å². The molecule has 1 aliphatic carbocycles. The lowest BCUT2D eigenvalue weighted by atomic mass is 9.98. The van der Waals surface area contributed by atoms with Gasteiger partial charge in [0.2, 0.25) is 5.91 Å². The Morgan fingerprint density at radius 1 is 0.870 bits per heavy atom. The fourth-order valence-corrected chi connectivity index (χ4v) is 4.47. The Bertz CT molecular complexity index is 360. The Morgan fingerprint density at radius 3 is 2.43 bits per heavy atom. The summed E-state index contributed by atoms with van der Waals surface area (Å²) in [6.07, 6.45) is 11.0. The fraction of sp³-hybridized carbons (Fsp3) is 0.947. The van der Waals surface area contributed by atoms with E-state index < -0.39 is 0 Å². The molecule has 0 spiro atoms. The van der Waals surface area contributed by atoms with Crippen LogP contribution >= 0.6 is 0 Å². The molecule has 2 saturated heterocycles. The minimum Gasteiger partial charge on any atom is -0.381 e. The van der Waals surface area contributed by atoms with Crippen LogP contribution in [0, 0.1) is 11.8 Å². The minimum absolute atomic E-state index is 0.316. The van der Waals surface area contributed by atoms with Crippen LogP contribution in [0.4, 0.5) is 0 Å². The normalized spacial score (nSPS) is 29.0. The molecule has 4 nitrogen and oxygen atoms in total. The Hall–Kier alpha value is -0.610. The molecule has 0 aromatic heterocycles. The standard InChI is InChI=1S/C19H34N2O2/c22-19(18-8-3-1-2-4-9-18)21-11-6-10-20(12-13-21)15-17-7-5-14-23-16-17/h17-18H,1-16H2. The largest absolute Gasteiger partial charge is 0.381 e. The second-order valence-electron chi connectivity index (χ2n) is 7.75. The quantitative estimate of drug-likeness (QED) is 0.749. The van der Waals surface area contributed by atoms with E-state index in [0.29, 0.717) is 17.7 Å². The van der Waals surface area contributed by atoms with E-state index in [1.165, 1.54) is 38.5 Å². The number of carbonyl (C=O) groups is 1. The van der Waals surface area contributed by atoms with E-state index in [2.05, 4.69) is 9.80 Å². The van der Waals surface area contributed by atoms with Crippen LogP contribution in [0.25, 0.3) is 0 Å². The van der Waals surface area contributed by atoms with E-state index in [9.17, 15) is 4.79 Å². The maximum atomic E-state index is 12.8. The molecule has 1 unspecified atom stereocenters. The Morgan fingerprint density at radius 2 is 1.70 bits per heavy atom. The molecule has 1 atom stereocenters. The van der Waals surface area contributed by atoms with Crippen molar-refractivity contribution in [3.63, 3.8) is 0 Å². The second kappa shape index (κ2) is 9.03. The summed E-state index contributed by atoms with van der Waals surface area (Å²) < 4.78 is 5.61. The number of ether oxygens (including phenoxy) is 1. The third-order valence-electron chi connectivity index (χ3n) is 5.88. The van der Waals surface area contributed by atoms with Crippen LogP contribution in [0.1, 0.15) is 57.8 Å². The lowest BCUT2D eigenvalue weighted by Crippen LogP contribution is -2.40. The van der Waals surface area contributed by atoms with Crippen LogP contribution < -0.4 is 0 Å². The summed E-state index contributed by atoms with van der Waals surface area (Å²) in [4.78, 5) is 17.6. The third kappa shape index (κ3) is 5.18. The van der Waals surface area contributed by atoms with Crippen molar-refractivity contribution < 1.29 is 9.53 Å². The molecule has 2 aliphatic heterocycles. The second-order valence-corrected chi connectivity index (χ2v) is 7.75. The van der Waals surface area contributed by atoms with E-state index in [0.717, 1.165) is 65.2 Å². The highest BCUT2D eigenvalue weighted by molar-refractivity contribution is 5.78. The number of amides is 1. The molecule has 132 valence electrons. The predicted molar refractivity (Wildman–Crippen MR) is 92.4 cm³/mol. The van der Waals surface area contributed by atoms with Crippen molar-refractivity contribution in [2.24, 2.45) is 11.8 Å². The van der Waals surface area contributed by atoms with Gasteiger partial charge in [0.1, 0.15) is 0 Å². The van der Waals surface area contributed by atoms with E-state index in [-0.39, 0.29) is 0 Å². The lowest BCUT2D eigenvalue weighted by Gasteiger charge is -2.29. The number of hydrogen-bond donors (Lipinski definition) is 0. The zero-order chi connectivity index (χ0) is 15.9. The maximum absolute atomic E-state index is 12.8. The molecule has 4 heteroatoms. The average molecular weight is 322 g/mol. The van der Waals surface area contributed by atoms with Crippen LogP contribution in [0.3, 0.4) is 0 Å². The maximum Gasteiger partial charge on any atom is 0.225 e. The molecule has 2 heterocycles. The first-order valence-corrected chi connectivity index (χ1v) is 9.92. The van der Waals surface area contributed by atoms with Crippen molar-refractivity contribution in [3.05, 3.63) is 0 Å². The summed E-state index contributed by atoms with van der Waals surface area (Å²) in [5, 5.41) is 0. The summed E-state index contributed by atoms with van der Waals surface area (Å²) in [5.41, 5.74) is 0. The highest BCUT2D eigenvalue weighted by Gasteiger charge is 2.27. The van der Waals surface area contributed by atoms with Gasteiger partial charge in [0.05, 0.1) is 6.61 Å². The number of hydrogen-bond acceptors (Lipinski definition) is 3. The first-order chi connectivity index (χ1) is 11.3. The van der Waals surface area contributed by atoms with Crippen molar-refractivity contribution in [2.45, 2.75) is 57.8 Å². The third-order valence-corrected chi connectivity index (χ3v) is 5.88. The van der Waals surface area contributed by atoms with Crippen LogP contribution in [0.5, 0.6) is 0 Å². The molecule has 3 aliphatic rings. The summed E-state index contributed by atoms with van der Waals surface area (Å²) >= 11 is 0. The van der Waals surface area contributed by atoms with E-state index >= 15 is 0 Å². The van der Waals surface area contributed by atoms with Crippen LogP contribution in [-0.4, -0.2) is 61.6 Å². The zero-order valence-electron chi connectivity index (χ0n) is 14.7. The molecule has 0 aromatic rings. The van der Waals surface area contributed by atoms with Crippen molar-refractivity contribution in [1.82, 2.24) is 9.80 Å². The van der Waals surface area contributed by atoms with Gasteiger partial charge in [0, 0.05) is 38.7 Å². The Kier molecular flexibility index (Phi) is 6.76. The van der Waals surface area contributed by atoms with Gasteiger partial charge in [-0.15, -0.1) is 0 Å². The molecular formula is C19H34N2O2. The molecule has 3 fully saturated rings. The molecule has 1 saturated carbocycles. The Balaban J connectivity index is 1.46. The Labute approximate surface area is 141 Å². The van der Waals surface area contributed by atoms with Crippen LogP contribution in [0.15, 0.2) is 0 Å². The molecule has 0 N–H and O–H groups in total. The first-order valence-electron chi connectivity index (χ1n) is 9.92. The van der Waals surface area contributed by atoms with Crippen molar-refractivity contribution in [3.8, 4) is 0 Å². The minimum atomic E-state index is 0.316. The monoisotopic (exact) mass is 322 g/mol. The first kappa shape index (κ1) is 17.2. The molecule has 23 heavy (non-hydrogen) atoms. The number of nitrogens with zero attached hydrogens (tertiary/aromatic N) is 2. The van der Waals surface area contributed by atoms with Crippen molar-refractivity contribution >= 4 is 5.91 Å². The van der Waals surface area contributed by atoms with Gasteiger partial charge in [-0.3, -0.25) is 4.79 Å². The summed E-state index contributed by atoms with van der Waals surface area (Å²) in [7, 11) is 0. The molecular weight excluding hydrogens is 288 g/mol. The molecule has 0 radical (unpaired) electrons. The van der Waals surface area contributed by atoms with Crippen LogP contribution in [0.2, 0.25) is 0 Å². The smallest absolute Gasteiger partial charge is 0.225 e. The summed E-state index contributed by atoms with van der Waals surface area (Å²) in [6.45, 7) is 7.13. The molecule has 0 bridgehead atoms. The molecule has 0 aromatic carbocycles. The molecule has 3 rings (SSSR count). The van der Waals surface area contributed by atoms with Gasteiger partial charge in [0.15, 0.2) is 0 Å². The average Bonchev–Trinajstić information content (AvgIpc) is 2.98. The number of carbonyl (C=O) groups excluding carboxylic acids is 1. The van der Waals surface area contributed by atoms with E-state index in [4.69, 9.17) is 4.74 Å². The zero-order valence-corrected chi connectivity index (χ0v) is 14.7. The SMILES string of the molecule is O=C(C1CCCCCC1)N1CCCN(CC2CCCOC2)CC1. The lowest BCUT2D eigenvalue weighted by molar-refractivity contribution is -0.135. The molecule has 1 amide bonds. The topological polar surface area (TPSA) is 32.8 Å².